The third-order valence-electron chi connectivity index (χ3n) is 5.53. The molecular weight excluding hydrogens is 340 g/mol. The van der Waals surface area contributed by atoms with Gasteiger partial charge in [0.2, 0.25) is 11.8 Å². The Labute approximate surface area is 152 Å². The second-order valence-electron chi connectivity index (χ2n) is 7.22. The highest BCUT2D eigenvalue weighted by Crippen LogP contribution is 2.30. The van der Waals surface area contributed by atoms with Crippen LogP contribution in [0, 0.1) is 23.7 Å². The van der Waals surface area contributed by atoms with E-state index in [9.17, 15) is 29.4 Å². The molecule has 2 aliphatic carbocycles. The molecule has 2 fully saturated rings. The first-order chi connectivity index (χ1) is 12.4. The molecule has 2 N–H and O–H groups in total. The lowest BCUT2D eigenvalue weighted by Crippen LogP contribution is -2.47. The summed E-state index contributed by atoms with van der Waals surface area (Å²) < 4.78 is 0. The van der Waals surface area contributed by atoms with Crippen LogP contribution in [0.25, 0.3) is 0 Å². The number of carboxylic acid groups (broad SMARTS) is 2. The number of aliphatic carboxylic acids is 2. The molecule has 0 aliphatic heterocycles. The highest BCUT2D eigenvalue weighted by molar-refractivity contribution is 5.85. The van der Waals surface area contributed by atoms with Gasteiger partial charge in [-0.15, -0.1) is 0 Å². The van der Waals surface area contributed by atoms with Crippen LogP contribution in [0.4, 0.5) is 0 Å². The largest absolute Gasteiger partial charge is 0.550 e. The van der Waals surface area contributed by atoms with Gasteiger partial charge in [0.15, 0.2) is 0 Å². The Hall–Kier alpha value is -2.12. The first-order valence-electron chi connectivity index (χ1n) is 9.39. The van der Waals surface area contributed by atoms with E-state index >= 15 is 0 Å². The van der Waals surface area contributed by atoms with Crippen LogP contribution in [0.3, 0.4) is 0 Å². The molecule has 0 unspecified atom stereocenters. The maximum absolute atomic E-state index is 12.2. The van der Waals surface area contributed by atoms with Gasteiger partial charge in [0.25, 0.3) is 0 Å². The fraction of sp³-hybridized carbons (Fsp3) is 0.778. The van der Waals surface area contributed by atoms with Crippen molar-refractivity contribution >= 4 is 23.8 Å². The van der Waals surface area contributed by atoms with Crippen LogP contribution in [0.1, 0.15) is 51.4 Å². The van der Waals surface area contributed by atoms with E-state index in [1.165, 1.54) is 0 Å². The molecule has 0 aromatic carbocycles. The van der Waals surface area contributed by atoms with Gasteiger partial charge in [-0.3, -0.25) is 9.59 Å². The molecule has 2 rings (SSSR count). The lowest BCUT2D eigenvalue weighted by molar-refractivity contribution is -0.315. The highest BCUT2D eigenvalue weighted by Gasteiger charge is 2.32. The summed E-state index contributed by atoms with van der Waals surface area (Å²) in [4.78, 5) is 46.7. The third kappa shape index (κ3) is 5.19. The smallest absolute Gasteiger partial charge is 0.223 e. The SMILES string of the molecule is O=C([O-])[C@H]1CCCC[C@H]1C(=O)NCCNC(=O)[C@@H]1CCCC[C@H]1C(=O)[O-]. The molecule has 0 aromatic rings. The fourth-order valence-electron chi connectivity index (χ4n) is 4.09. The fourth-order valence-corrected chi connectivity index (χ4v) is 4.09. The molecule has 146 valence electrons. The predicted molar refractivity (Wildman–Crippen MR) is 86.9 cm³/mol. The third-order valence-corrected chi connectivity index (χ3v) is 5.53. The average Bonchev–Trinajstić information content (AvgIpc) is 2.64. The normalized spacial score (nSPS) is 28.8. The lowest BCUT2D eigenvalue weighted by atomic mass is 9.78. The minimum atomic E-state index is -1.19. The summed E-state index contributed by atoms with van der Waals surface area (Å²) in [6.45, 7) is 0.340. The Morgan fingerprint density at radius 3 is 1.23 bits per heavy atom. The predicted octanol–water partition coefficient (Wildman–Crippen LogP) is -1.67. The molecule has 0 aromatic heterocycles. The van der Waals surface area contributed by atoms with Crippen molar-refractivity contribution in [3.05, 3.63) is 0 Å². The van der Waals surface area contributed by atoms with Gasteiger partial charge < -0.3 is 30.4 Å². The summed E-state index contributed by atoms with van der Waals surface area (Å²) >= 11 is 0. The van der Waals surface area contributed by atoms with E-state index < -0.39 is 35.6 Å². The summed E-state index contributed by atoms with van der Waals surface area (Å²) in [6.07, 6.45) is 5.11. The van der Waals surface area contributed by atoms with Gasteiger partial charge in [-0.1, -0.05) is 25.7 Å². The highest BCUT2D eigenvalue weighted by atomic mass is 16.4. The molecule has 0 spiro atoms. The van der Waals surface area contributed by atoms with E-state index in [1.54, 1.807) is 0 Å². The van der Waals surface area contributed by atoms with E-state index in [2.05, 4.69) is 10.6 Å². The Bertz CT molecular complexity index is 502. The molecule has 4 atom stereocenters. The van der Waals surface area contributed by atoms with E-state index in [1.807, 2.05) is 0 Å². The molecule has 0 bridgehead atoms. The van der Waals surface area contributed by atoms with E-state index in [-0.39, 0.29) is 24.9 Å². The van der Waals surface area contributed by atoms with Gasteiger partial charge in [-0.25, -0.2) is 0 Å². The molecular formula is C18H26N2O6-2. The van der Waals surface area contributed by atoms with Crippen LogP contribution in [0.5, 0.6) is 0 Å². The summed E-state index contributed by atoms with van der Waals surface area (Å²) in [5.74, 6) is -5.76. The van der Waals surface area contributed by atoms with Gasteiger partial charge in [-0.05, 0) is 25.7 Å². The van der Waals surface area contributed by atoms with Crippen molar-refractivity contribution in [1.82, 2.24) is 10.6 Å². The molecule has 26 heavy (non-hydrogen) atoms. The zero-order valence-electron chi connectivity index (χ0n) is 14.8. The van der Waals surface area contributed by atoms with Gasteiger partial charge in [0, 0.05) is 48.7 Å². The molecule has 8 nitrogen and oxygen atoms in total. The molecule has 0 heterocycles. The van der Waals surface area contributed by atoms with Crippen molar-refractivity contribution in [2.75, 3.05) is 13.1 Å². The Morgan fingerprint density at radius 2 is 0.923 bits per heavy atom. The minimum absolute atomic E-state index is 0.170. The number of carbonyl (C=O) groups excluding carboxylic acids is 4. The molecule has 0 saturated heterocycles. The Morgan fingerprint density at radius 1 is 0.615 bits per heavy atom. The summed E-state index contributed by atoms with van der Waals surface area (Å²) in [6, 6.07) is 0. The number of rotatable bonds is 7. The molecule has 8 heteroatoms. The van der Waals surface area contributed by atoms with Crippen molar-refractivity contribution in [3.8, 4) is 0 Å². The van der Waals surface area contributed by atoms with Crippen LogP contribution in [-0.4, -0.2) is 36.8 Å². The zero-order valence-corrected chi connectivity index (χ0v) is 14.8. The van der Waals surface area contributed by atoms with Crippen molar-refractivity contribution in [1.29, 1.82) is 0 Å². The van der Waals surface area contributed by atoms with Gasteiger partial charge in [0.1, 0.15) is 0 Å². The van der Waals surface area contributed by atoms with Gasteiger partial charge in [-0.2, -0.15) is 0 Å². The second-order valence-corrected chi connectivity index (χ2v) is 7.22. The van der Waals surface area contributed by atoms with E-state index in [4.69, 9.17) is 0 Å². The van der Waals surface area contributed by atoms with Crippen LogP contribution in [-0.2, 0) is 19.2 Å². The maximum Gasteiger partial charge on any atom is 0.223 e. The quantitative estimate of drug-likeness (QED) is 0.517. The number of hydrogen-bond acceptors (Lipinski definition) is 6. The molecule has 2 amide bonds. The molecule has 2 aliphatic rings. The van der Waals surface area contributed by atoms with Crippen LogP contribution < -0.4 is 20.8 Å². The first-order valence-corrected chi connectivity index (χ1v) is 9.39. The van der Waals surface area contributed by atoms with Gasteiger partial charge >= 0.3 is 0 Å². The average molecular weight is 366 g/mol. The maximum atomic E-state index is 12.2. The van der Waals surface area contributed by atoms with Crippen molar-refractivity contribution in [3.63, 3.8) is 0 Å². The Kier molecular flexibility index (Phi) is 7.41. The summed E-state index contributed by atoms with van der Waals surface area (Å²) in [5.41, 5.74) is 0. The molecule has 0 radical (unpaired) electrons. The zero-order chi connectivity index (χ0) is 19.1. The second kappa shape index (κ2) is 9.54. The first kappa shape index (κ1) is 20.2. The van der Waals surface area contributed by atoms with Crippen LogP contribution >= 0.6 is 0 Å². The standard InChI is InChI=1S/C18H28N2O6/c21-15(11-5-1-3-7-13(11)17(23)24)19-9-10-20-16(22)12-6-2-4-8-14(12)18(25)26/h11-14H,1-10H2,(H,19,21)(H,20,22)(H,23,24)(H,25,26)/p-2/t11-,12-,13-,14+/m1/s1. The van der Waals surface area contributed by atoms with Crippen molar-refractivity contribution < 1.29 is 29.4 Å². The van der Waals surface area contributed by atoms with E-state index in [0.29, 0.717) is 25.7 Å². The van der Waals surface area contributed by atoms with Crippen molar-refractivity contribution in [2.24, 2.45) is 23.7 Å². The molecule has 2 saturated carbocycles. The number of hydrogen-bond donors (Lipinski definition) is 2. The number of carbonyl (C=O) groups is 4. The summed E-state index contributed by atoms with van der Waals surface area (Å²) in [5, 5.41) is 27.6. The number of carboxylic acids is 2. The van der Waals surface area contributed by atoms with Crippen molar-refractivity contribution in [2.45, 2.75) is 51.4 Å². The topological polar surface area (TPSA) is 138 Å². The van der Waals surface area contributed by atoms with Crippen LogP contribution in [0.15, 0.2) is 0 Å². The number of amides is 2. The number of nitrogens with one attached hydrogen (secondary N) is 2. The summed E-state index contributed by atoms with van der Waals surface area (Å²) in [7, 11) is 0. The monoisotopic (exact) mass is 366 g/mol. The van der Waals surface area contributed by atoms with E-state index in [0.717, 1.165) is 25.7 Å². The van der Waals surface area contributed by atoms with Gasteiger partial charge in [0.05, 0.1) is 0 Å². The Balaban J connectivity index is 1.75. The van der Waals surface area contributed by atoms with Crippen LogP contribution in [0.2, 0.25) is 0 Å². The lowest BCUT2D eigenvalue weighted by Gasteiger charge is -2.31. The minimum Gasteiger partial charge on any atom is -0.550 e.